The number of nitrogens with one attached hydrogen (secondary N) is 1. The molecule has 0 aliphatic carbocycles. The van der Waals surface area contributed by atoms with Gasteiger partial charge in [0.2, 0.25) is 0 Å². The van der Waals surface area contributed by atoms with Crippen molar-refractivity contribution >= 4 is 57.3 Å². The number of hydrogen-bond donors (Lipinski definition) is 1. The predicted octanol–water partition coefficient (Wildman–Crippen LogP) is 4.31. The van der Waals surface area contributed by atoms with Crippen molar-refractivity contribution in [3.8, 4) is 0 Å². The highest BCUT2D eigenvalue weighted by atomic mass is 32.2. The van der Waals surface area contributed by atoms with Gasteiger partial charge < -0.3 is 0 Å². The number of ketones is 1. The third kappa shape index (κ3) is 2.39. The lowest BCUT2D eigenvalue weighted by molar-refractivity contribution is -0.111. The molecule has 4 rings (SSSR count). The molecule has 0 radical (unpaired) electrons. The highest BCUT2D eigenvalue weighted by molar-refractivity contribution is 8.15. The fourth-order valence-electron chi connectivity index (χ4n) is 2.79. The van der Waals surface area contributed by atoms with E-state index in [1.807, 2.05) is 48.7 Å². The quantitative estimate of drug-likeness (QED) is 0.614. The summed E-state index contributed by atoms with van der Waals surface area (Å²) in [6.45, 7) is 0. The maximum Gasteiger partial charge on any atom is 0.192 e. The topological polar surface area (TPSA) is 56.5 Å². The average molecular weight is 351 g/mol. The van der Waals surface area contributed by atoms with Gasteiger partial charge in [-0.05, 0) is 28.7 Å². The molecular weight excluding hydrogens is 338 g/mol. The molecule has 0 saturated carbocycles. The van der Waals surface area contributed by atoms with Gasteiger partial charge in [0.15, 0.2) is 11.0 Å². The molecule has 0 unspecified atom stereocenters. The van der Waals surface area contributed by atoms with E-state index in [2.05, 4.69) is 4.40 Å². The standard InChI is InChI=1S/C18H13N3OS2/c1-23-18-20-24-16-10-15(22)14(17(19)21(16)18)9-12-7-4-6-11-5-2-3-8-13(11)12/h2-10,19H,1H3/b14-9+,19-17?. The zero-order valence-corrected chi connectivity index (χ0v) is 14.4. The Morgan fingerprint density at radius 1 is 1.21 bits per heavy atom. The van der Waals surface area contributed by atoms with Crippen LogP contribution in [0.15, 0.2) is 63.5 Å². The summed E-state index contributed by atoms with van der Waals surface area (Å²) in [5.74, 6) is 0.0350. The largest absolute Gasteiger partial charge is 0.289 e. The van der Waals surface area contributed by atoms with E-state index < -0.39 is 0 Å². The Bertz CT molecular complexity index is 970. The highest BCUT2D eigenvalue weighted by Crippen LogP contribution is 2.37. The summed E-state index contributed by atoms with van der Waals surface area (Å²) in [5, 5.41) is 12.1. The molecule has 0 spiro atoms. The summed E-state index contributed by atoms with van der Waals surface area (Å²) >= 11 is 2.71. The van der Waals surface area contributed by atoms with Crippen molar-refractivity contribution in [2.45, 2.75) is 0 Å². The second-order valence-electron chi connectivity index (χ2n) is 5.33. The van der Waals surface area contributed by atoms with Gasteiger partial charge >= 0.3 is 0 Å². The van der Waals surface area contributed by atoms with Crippen molar-refractivity contribution in [2.24, 2.45) is 4.40 Å². The van der Waals surface area contributed by atoms with E-state index in [0.29, 0.717) is 10.6 Å². The van der Waals surface area contributed by atoms with Crippen molar-refractivity contribution in [2.75, 3.05) is 6.26 Å². The Kier molecular flexibility index (Phi) is 3.78. The van der Waals surface area contributed by atoms with Gasteiger partial charge in [-0.15, -0.1) is 0 Å². The summed E-state index contributed by atoms with van der Waals surface area (Å²) in [6.07, 6.45) is 5.29. The first-order valence-corrected chi connectivity index (χ1v) is 9.32. The van der Waals surface area contributed by atoms with Crippen molar-refractivity contribution in [3.05, 3.63) is 64.7 Å². The number of rotatable bonds is 1. The Labute approximate surface area is 148 Å². The van der Waals surface area contributed by atoms with Gasteiger partial charge in [0.05, 0.1) is 5.57 Å². The van der Waals surface area contributed by atoms with Crippen molar-refractivity contribution in [1.82, 2.24) is 4.90 Å². The summed E-state index contributed by atoms with van der Waals surface area (Å²) in [7, 11) is 0. The molecule has 0 saturated heterocycles. The number of hydrogen-bond acceptors (Lipinski definition) is 5. The number of carbonyl (C=O) groups excluding carboxylic acids is 1. The molecule has 0 bridgehead atoms. The van der Waals surface area contributed by atoms with Crippen LogP contribution in [0.3, 0.4) is 0 Å². The van der Waals surface area contributed by atoms with Gasteiger partial charge in [-0.3, -0.25) is 15.1 Å². The number of carbonyl (C=O) groups is 1. The normalized spacial score (nSPS) is 18.9. The fraction of sp³-hybridized carbons (Fsp3) is 0.0556. The second kappa shape index (κ2) is 5.96. The van der Waals surface area contributed by atoms with Crippen LogP contribution in [0.25, 0.3) is 16.8 Å². The van der Waals surface area contributed by atoms with Crippen LogP contribution in [-0.2, 0) is 4.79 Å². The minimum atomic E-state index is -0.149. The van der Waals surface area contributed by atoms with Crippen LogP contribution in [0.1, 0.15) is 5.56 Å². The lowest BCUT2D eigenvalue weighted by Crippen LogP contribution is -2.36. The molecule has 24 heavy (non-hydrogen) atoms. The fourth-order valence-corrected chi connectivity index (χ4v) is 4.30. The lowest BCUT2D eigenvalue weighted by Gasteiger charge is -2.25. The van der Waals surface area contributed by atoms with E-state index >= 15 is 0 Å². The first kappa shape index (κ1) is 15.2. The number of amidine groups is 2. The molecule has 2 heterocycles. The van der Waals surface area contributed by atoms with E-state index in [0.717, 1.165) is 21.5 Å². The van der Waals surface area contributed by atoms with Crippen LogP contribution in [-0.4, -0.2) is 27.9 Å². The molecule has 2 aromatic carbocycles. The molecule has 1 N–H and O–H groups in total. The number of nitrogens with zero attached hydrogens (tertiary/aromatic N) is 2. The minimum Gasteiger partial charge on any atom is -0.289 e. The molecule has 2 aliphatic rings. The van der Waals surface area contributed by atoms with Gasteiger partial charge in [0, 0.05) is 18.0 Å². The Morgan fingerprint density at radius 3 is 2.83 bits per heavy atom. The van der Waals surface area contributed by atoms with Gasteiger partial charge in [-0.25, -0.2) is 0 Å². The van der Waals surface area contributed by atoms with Crippen LogP contribution < -0.4 is 0 Å². The molecule has 0 amide bonds. The number of fused-ring (bicyclic) bond motifs is 2. The maximum absolute atomic E-state index is 12.5. The average Bonchev–Trinajstić information content (AvgIpc) is 3.01. The van der Waals surface area contributed by atoms with Crippen LogP contribution >= 0.6 is 23.7 Å². The highest BCUT2D eigenvalue weighted by Gasteiger charge is 2.35. The molecule has 2 aliphatic heterocycles. The third-order valence-electron chi connectivity index (χ3n) is 3.93. The molecule has 118 valence electrons. The van der Waals surface area contributed by atoms with Crippen LogP contribution in [0.4, 0.5) is 0 Å². The first-order valence-electron chi connectivity index (χ1n) is 7.32. The minimum absolute atomic E-state index is 0.149. The molecular formula is C18H13N3OS2. The van der Waals surface area contributed by atoms with Gasteiger partial charge in [0.25, 0.3) is 0 Å². The van der Waals surface area contributed by atoms with E-state index in [-0.39, 0.29) is 11.6 Å². The summed E-state index contributed by atoms with van der Waals surface area (Å²) < 4.78 is 4.31. The van der Waals surface area contributed by atoms with E-state index in [1.54, 1.807) is 17.1 Å². The van der Waals surface area contributed by atoms with Gasteiger partial charge in [-0.2, -0.15) is 4.40 Å². The SMILES string of the molecule is CSC1=NSC2=CC(=O)/C(=C\c3cccc4ccccc34)C(=N)N21. The molecule has 0 fully saturated rings. The Balaban J connectivity index is 1.84. The van der Waals surface area contributed by atoms with Crippen LogP contribution in [0.2, 0.25) is 0 Å². The van der Waals surface area contributed by atoms with E-state index in [1.165, 1.54) is 23.7 Å². The number of allylic oxidation sites excluding steroid dienone is 1. The van der Waals surface area contributed by atoms with Gasteiger partial charge in [-0.1, -0.05) is 54.2 Å². The first-order chi connectivity index (χ1) is 11.7. The Hall–Kier alpha value is -2.31. The smallest absolute Gasteiger partial charge is 0.192 e. The monoisotopic (exact) mass is 351 g/mol. The van der Waals surface area contributed by atoms with Gasteiger partial charge in [0.1, 0.15) is 10.9 Å². The maximum atomic E-state index is 12.5. The van der Waals surface area contributed by atoms with Crippen LogP contribution in [0, 0.1) is 5.41 Å². The van der Waals surface area contributed by atoms with Crippen molar-refractivity contribution < 1.29 is 4.79 Å². The molecule has 4 nitrogen and oxygen atoms in total. The zero-order valence-electron chi connectivity index (χ0n) is 12.8. The summed E-state index contributed by atoms with van der Waals surface area (Å²) in [4.78, 5) is 14.2. The number of thioether (sulfide) groups is 1. The molecule has 2 aromatic rings. The zero-order chi connectivity index (χ0) is 16.7. The summed E-state index contributed by atoms with van der Waals surface area (Å²) in [5.41, 5.74) is 1.33. The van der Waals surface area contributed by atoms with E-state index in [9.17, 15) is 4.79 Å². The van der Waals surface area contributed by atoms with E-state index in [4.69, 9.17) is 5.41 Å². The van der Waals surface area contributed by atoms with Crippen molar-refractivity contribution in [1.29, 1.82) is 5.41 Å². The summed E-state index contributed by atoms with van der Waals surface area (Å²) in [6, 6.07) is 14.0. The lowest BCUT2D eigenvalue weighted by atomic mass is 9.99. The predicted molar refractivity (Wildman–Crippen MR) is 103 cm³/mol. The third-order valence-corrected chi connectivity index (χ3v) is 5.44. The van der Waals surface area contributed by atoms with Crippen LogP contribution in [0.5, 0.6) is 0 Å². The molecule has 6 heteroatoms. The second-order valence-corrected chi connectivity index (χ2v) is 6.88. The number of benzene rings is 2. The molecule has 0 atom stereocenters. The Morgan fingerprint density at radius 2 is 2.00 bits per heavy atom. The molecule has 0 aromatic heterocycles. The van der Waals surface area contributed by atoms with Crippen molar-refractivity contribution in [3.63, 3.8) is 0 Å².